The molecule has 1 atom stereocenters. The first kappa shape index (κ1) is 20.0. The van der Waals surface area contributed by atoms with Gasteiger partial charge in [-0.05, 0) is 43.0 Å². The van der Waals surface area contributed by atoms with Crippen LogP contribution < -0.4 is 10.1 Å². The second kappa shape index (κ2) is 9.97. The Morgan fingerprint density at radius 2 is 1.92 bits per heavy atom. The zero-order valence-electron chi connectivity index (χ0n) is 15.7. The molecule has 0 saturated heterocycles. The molecule has 0 saturated carbocycles. The highest BCUT2D eigenvalue weighted by Gasteiger charge is 2.24. The van der Waals surface area contributed by atoms with Crippen LogP contribution in [0.15, 0.2) is 54.6 Å². The van der Waals surface area contributed by atoms with Crippen LogP contribution in [-0.2, 0) is 11.2 Å². The first-order valence-corrected chi connectivity index (χ1v) is 9.12. The van der Waals surface area contributed by atoms with E-state index in [4.69, 9.17) is 4.74 Å². The van der Waals surface area contributed by atoms with E-state index in [0.29, 0.717) is 26.0 Å². The van der Waals surface area contributed by atoms with Gasteiger partial charge in [-0.1, -0.05) is 49.4 Å². The number of benzene rings is 2. The molecule has 0 aliphatic carbocycles. The molecule has 0 unspecified atom stereocenters. The van der Waals surface area contributed by atoms with E-state index in [2.05, 4.69) is 5.32 Å². The lowest BCUT2D eigenvalue weighted by Gasteiger charge is -2.27. The molecule has 0 fully saturated rings. The van der Waals surface area contributed by atoms with Crippen LogP contribution in [0.5, 0.6) is 5.75 Å². The predicted octanol–water partition coefficient (Wildman–Crippen LogP) is 3.51. The molecule has 0 bridgehead atoms. The van der Waals surface area contributed by atoms with E-state index in [-0.39, 0.29) is 17.9 Å². The standard InChI is InChI=1S/C22H29NO3/c1-18-8-6-11-20(14-18)26-13-7-12-21(25)23-16-22(2,17-24)15-19-9-4-3-5-10-19/h3-6,8-11,14,24H,7,12-13,15-17H2,1-2H3,(H,23,25)/t22-/m0/s1. The van der Waals surface area contributed by atoms with Gasteiger partial charge in [-0.15, -0.1) is 0 Å². The fraction of sp³-hybridized carbons (Fsp3) is 0.409. The van der Waals surface area contributed by atoms with Crippen molar-refractivity contribution in [3.8, 4) is 5.75 Å². The van der Waals surface area contributed by atoms with Gasteiger partial charge in [0.2, 0.25) is 5.91 Å². The zero-order chi connectivity index (χ0) is 18.8. The number of rotatable bonds is 10. The number of carbonyl (C=O) groups is 1. The van der Waals surface area contributed by atoms with Gasteiger partial charge >= 0.3 is 0 Å². The Labute approximate surface area is 156 Å². The van der Waals surface area contributed by atoms with Crippen molar-refractivity contribution in [3.63, 3.8) is 0 Å². The number of hydrogen-bond donors (Lipinski definition) is 2. The maximum absolute atomic E-state index is 12.1. The molecule has 2 aromatic rings. The number of aryl methyl sites for hydroxylation is 1. The van der Waals surface area contributed by atoms with Gasteiger partial charge in [-0.25, -0.2) is 0 Å². The number of hydrogen-bond acceptors (Lipinski definition) is 3. The Hall–Kier alpha value is -2.33. The molecule has 2 rings (SSSR count). The fourth-order valence-electron chi connectivity index (χ4n) is 2.79. The maximum Gasteiger partial charge on any atom is 0.220 e. The molecule has 4 heteroatoms. The number of carbonyl (C=O) groups excluding carboxylic acids is 1. The fourth-order valence-corrected chi connectivity index (χ4v) is 2.79. The lowest BCUT2D eigenvalue weighted by Crippen LogP contribution is -2.39. The van der Waals surface area contributed by atoms with Crippen molar-refractivity contribution in [2.24, 2.45) is 5.41 Å². The Bertz CT molecular complexity index is 687. The highest BCUT2D eigenvalue weighted by atomic mass is 16.5. The molecule has 2 aromatic carbocycles. The Balaban J connectivity index is 1.69. The summed E-state index contributed by atoms with van der Waals surface area (Å²) in [5.41, 5.74) is 1.95. The largest absolute Gasteiger partial charge is 0.494 e. The van der Waals surface area contributed by atoms with Gasteiger partial charge < -0.3 is 15.2 Å². The Morgan fingerprint density at radius 1 is 1.15 bits per heavy atom. The molecule has 0 aliphatic heterocycles. The summed E-state index contributed by atoms with van der Waals surface area (Å²) >= 11 is 0. The van der Waals surface area contributed by atoms with Gasteiger partial charge in [0.05, 0.1) is 13.2 Å². The summed E-state index contributed by atoms with van der Waals surface area (Å²) in [6.07, 6.45) is 1.80. The third-order valence-corrected chi connectivity index (χ3v) is 4.37. The van der Waals surface area contributed by atoms with Crippen LogP contribution in [0.3, 0.4) is 0 Å². The van der Waals surface area contributed by atoms with Crippen molar-refractivity contribution in [3.05, 3.63) is 65.7 Å². The van der Waals surface area contributed by atoms with Gasteiger partial charge in [-0.3, -0.25) is 4.79 Å². The SMILES string of the molecule is Cc1cccc(OCCCC(=O)NC[C@@](C)(CO)Cc2ccccc2)c1. The van der Waals surface area contributed by atoms with E-state index < -0.39 is 0 Å². The zero-order valence-corrected chi connectivity index (χ0v) is 15.7. The van der Waals surface area contributed by atoms with Crippen molar-refractivity contribution in [2.75, 3.05) is 19.8 Å². The van der Waals surface area contributed by atoms with Crippen LogP contribution >= 0.6 is 0 Å². The molecule has 0 radical (unpaired) electrons. The van der Waals surface area contributed by atoms with Gasteiger partial charge in [-0.2, -0.15) is 0 Å². The molecule has 0 heterocycles. The van der Waals surface area contributed by atoms with Crippen LogP contribution in [0.25, 0.3) is 0 Å². The van der Waals surface area contributed by atoms with Gasteiger partial charge in [0.25, 0.3) is 0 Å². The summed E-state index contributed by atoms with van der Waals surface area (Å²) in [5.74, 6) is 0.826. The monoisotopic (exact) mass is 355 g/mol. The van der Waals surface area contributed by atoms with Crippen LogP contribution in [-0.4, -0.2) is 30.8 Å². The quantitative estimate of drug-likeness (QED) is 0.641. The van der Waals surface area contributed by atoms with E-state index in [0.717, 1.165) is 23.3 Å². The molecular formula is C22H29NO3. The third kappa shape index (κ3) is 6.89. The normalized spacial score (nSPS) is 13.0. The van der Waals surface area contributed by atoms with Gasteiger partial charge in [0, 0.05) is 18.4 Å². The third-order valence-electron chi connectivity index (χ3n) is 4.37. The molecule has 2 N–H and O–H groups in total. The minimum Gasteiger partial charge on any atom is -0.494 e. The summed E-state index contributed by atoms with van der Waals surface area (Å²) in [6, 6.07) is 17.9. The van der Waals surface area contributed by atoms with Crippen molar-refractivity contribution in [2.45, 2.75) is 33.1 Å². The Kier molecular flexibility index (Phi) is 7.67. The average molecular weight is 355 g/mol. The summed E-state index contributed by atoms with van der Waals surface area (Å²) in [7, 11) is 0. The van der Waals surface area contributed by atoms with Crippen LogP contribution in [0.2, 0.25) is 0 Å². The van der Waals surface area contributed by atoms with E-state index in [1.165, 1.54) is 0 Å². The minimum absolute atomic E-state index is 0.00872. The molecular weight excluding hydrogens is 326 g/mol. The van der Waals surface area contributed by atoms with E-state index in [1.54, 1.807) is 0 Å². The Morgan fingerprint density at radius 3 is 2.62 bits per heavy atom. The van der Waals surface area contributed by atoms with Crippen LogP contribution in [0, 0.1) is 12.3 Å². The molecule has 26 heavy (non-hydrogen) atoms. The number of aliphatic hydroxyl groups excluding tert-OH is 1. The average Bonchev–Trinajstić information content (AvgIpc) is 2.64. The number of nitrogens with one attached hydrogen (secondary N) is 1. The van der Waals surface area contributed by atoms with Crippen molar-refractivity contribution < 1.29 is 14.6 Å². The van der Waals surface area contributed by atoms with E-state index >= 15 is 0 Å². The highest BCUT2D eigenvalue weighted by molar-refractivity contribution is 5.75. The van der Waals surface area contributed by atoms with Crippen molar-refractivity contribution >= 4 is 5.91 Å². The maximum atomic E-state index is 12.1. The number of aliphatic hydroxyl groups is 1. The van der Waals surface area contributed by atoms with E-state index in [9.17, 15) is 9.90 Å². The molecule has 4 nitrogen and oxygen atoms in total. The second-order valence-electron chi connectivity index (χ2n) is 7.18. The first-order valence-electron chi connectivity index (χ1n) is 9.12. The second-order valence-corrected chi connectivity index (χ2v) is 7.18. The lowest BCUT2D eigenvalue weighted by molar-refractivity contribution is -0.121. The summed E-state index contributed by atoms with van der Waals surface area (Å²) in [4.78, 5) is 12.1. The first-order chi connectivity index (χ1) is 12.5. The molecule has 0 aliphatic rings. The lowest BCUT2D eigenvalue weighted by atomic mass is 9.84. The molecule has 0 spiro atoms. The van der Waals surface area contributed by atoms with Crippen LogP contribution in [0.1, 0.15) is 30.9 Å². The van der Waals surface area contributed by atoms with Crippen LogP contribution in [0.4, 0.5) is 0 Å². The predicted molar refractivity (Wildman–Crippen MR) is 104 cm³/mol. The summed E-state index contributed by atoms with van der Waals surface area (Å²) < 4.78 is 5.66. The summed E-state index contributed by atoms with van der Waals surface area (Å²) in [5, 5.41) is 12.7. The van der Waals surface area contributed by atoms with Crippen molar-refractivity contribution in [1.29, 1.82) is 0 Å². The van der Waals surface area contributed by atoms with Gasteiger partial charge in [0.1, 0.15) is 5.75 Å². The smallest absolute Gasteiger partial charge is 0.220 e. The number of ether oxygens (including phenoxy) is 1. The minimum atomic E-state index is -0.366. The molecule has 0 aromatic heterocycles. The highest BCUT2D eigenvalue weighted by Crippen LogP contribution is 2.21. The van der Waals surface area contributed by atoms with Gasteiger partial charge in [0.15, 0.2) is 0 Å². The topological polar surface area (TPSA) is 58.6 Å². The molecule has 140 valence electrons. The number of amides is 1. The van der Waals surface area contributed by atoms with E-state index in [1.807, 2.05) is 68.4 Å². The summed E-state index contributed by atoms with van der Waals surface area (Å²) in [6.45, 7) is 5.00. The molecule has 1 amide bonds. The van der Waals surface area contributed by atoms with Crippen molar-refractivity contribution in [1.82, 2.24) is 5.32 Å².